The number of hydrogen-bond donors (Lipinski definition) is 2. The Bertz CT molecular complexity index is 1300. The Morgan fingerprint density at radius 2 is 1.65 bits per heavy atom. The molecular weight excluding hydrogens is 451 g/mol. The van der Waals surface area contributed by atoms with Gasteiger partial charge in [0.2, 0.25) is 0 Å². The van der Waals surface area contributed by atoms with Gasteiger partial charge in [0.15, 0.2) is 0 Å². The van der Waals surface area contributed by atoms with Crippen molar-refractivity contribution in [2.24, 2.45) is 0 Å². The fraction of sp³-hybridized carbons (Fsp3) is 0.120. The van der Waals surface area contributed by atoms with Crippen molar-refractivity contribution in [2.75, 3.05) is 12.0 Å². The molecular formula is C25H18F3NO5. The Hall–Kier alpha value is -4.27. The van der Waals surface area contributed by atoms with E-state index in [9.17, 15) is 33.0 Å². The predicted molar refractivity (Wildman–Crippen MR) is 117 cm³/mol. The zero-order valence-electron chi connectivity index (χ0n) is 17.7. The maximum absolute atomic E-state index is 13.3. The number of carbonyl (C=O) groups excluding carboxylic acids is 2. The first-order valence-corrected chi connectivity index (χ1v) is 10.0. The van der Waals surface area contributed by atoms with E-state index < -0.39 is 35.2 Å². The highest BCUT2D eigenvalue weighted by molar-refractivity contribution is 6.51. The molecule has 1 heterocycles. The van der Waals surface area contributed by atoms with Gasteiger partial charge in [-0.25, -0.2) is 0 Å². The predicted octanol–water partition coefficient (Wildman–Crippen LogP) is 5.05. The van der Waals surface area contributed by atoms with Crippen LogP contribution in [-0.2, 0) is 15.8 Å². The number of carbonyl (C=O) groups is 2. The van der Waals surface area contributed by atoms with Gasteiger partial charge >= 0.3 is 6.18 Å². The third-order valence-corrected chi connectivity index (χ3v) is 5.45. The molecule has 1 atom stereocenters. The van der Waals surface area contributed by atoms with Crippen LogP contribution in [0.25, 0.3) is 5.76 Å². The number of hydrogen-bond acceptors (Lipinski definition) is 5. The Morgan fingerprint density at radius 1 is 0.971 bits per heavy atom. The summed E-state index contributed by atoms with van der Waals surface area (Å²) in [5.74, 6) is -2.38. The molecule has 3 aromatic carbocycles. The summed E-state index contributed by atoms with van der Waals surface area (Å²) < 4.78 is 45.1. The number of halogens is 3. The van der Waals surface area contributed by atoms with Crippen molar-refractivity contribution < 1.29 is 37.7 Å². The molecule has 9 heteroatoms. The van der Waals surface area contributed by atoms with Gasteiger partial charge in [0.1, 0.15) is 17.3 Å². The number of nitrogens with zero attached hydrogens (tertiary/aromatic N) is 1. The van der Waals surface area contributed by atoms with Crippen molar-refractivity contribution >= 4 is 23.1 Å². The lowest BCUT2D eigenvalue weighted by molar-refractivity contribution is -0.137. The van der Waals surface area contributed by atoms with Gasteiger partial charge in [0.25, 0.3) is 11.7 Å². The highest BCUT2D eigenvalue weighted by atomic mass is 19.4. The van der Waals surface area contributed by atoms with E-state index in [-0.39, 0.29) is 28.1 Å². The third kappa shape index (κ3) is 4.07. The van der Waals surface area contributed by atoms with Gasteiger partial charge in [0, 0.05) is 11.3 Å². The molecule has 1 aliphatic heterocycles. The molecule has 0 spiro atoms. The molecule has 1 saturated heterocycles. The van der Waals surface area contributed by atoms with Crippen LogP contribution in [0, 0.1) is 0 Å². The first-order valence-electron chi connectivity index (χ1n) is 10.0. The number of aromatic hydroxyl groups is 1. The van der Waals surface area contributed by atoms with Gasteiger partial charge in [-0.3, -0.25) is 14.5 Å². The summed E-state index contributed by atoms with van der Waals surface area (Å²) in [5.41, 5.74) is -1.08. The maximum atomic E-state index is 13.3. The van der Waals surface area contributed by atoms with Crippen LogP contribution in [0.15, 0.2) is 78.4 Å². The van der Waals surface area contributed by atoms with Crippen LogP contribution >= 0.6 is 0 Å². The van der Waals surface area contributed by atoms with E-state index in [2.05, 4.69) is 0 Å². The summed E-state index contributed by atoms with van der Waals surface area (Å²) in [6.45, 7) is 0. The maximum Gasteiger partial charge on any atom is 0.416 e. The van der Waals surface area contributed by atoms with Crippen LogP contribution in [-0.4, -0.2) is 29.0 Å². The number of methoxy groups -OCH3 is 1. The number of aliphatic hydroxyl groups excluding tert-OH is 1. The number of phenolic OH excluding ortho intramolecular Hbond substituents is 1. The highest BCUT2D eigenvalue weighted by Gasteiger charge is 2.47. The number of rotatable bonds is 4. The first kappa shape index (κ1) is 22.9. The lowest BCUT2D eigenvalue weighted by Gasteiger charge is -2.26. The quantitative estimate of drug-likeness (QED) is 0.317. The molecule has 1 aliphatic rings. The van der Waals surface area contributed by atoms with Gasteiger partial charge in [-0.1, -0.05) is 18.2 Å². The SMILES string of the molecule is COc1ccc(/C(O)=C2\C(=O)C(=O)N(c3cccc(C(F)(F)F)c3)C2c2cccc(O)c2)cc1. The fourth-order valence-corrected chi connectivity index (χ4v) is 3.85. The normalized spacial score (nSPS) is 17.8. The number of phenols is 1. The topological polar surface area (TPSA) is 87.1 Å². The summed E-state index contributed by atoms with van der Waals surface area (Å²) in [7, 11) is 1.46. The number of aliphatic hydroxyl groups is 1. The number of amides is 1. The molecule has 2 N–H and O–H groups in total. The number of benzene rings is 3. The summed E-state index contributed by atoms with van der Waals surface area (Å²) in [6, 6.07) is 14.4. The minimum absolute atomic E-state index is 0.181. The van der Waals surface area contributed by atoms with Crippen molar-refractivity contribution in [3.8, 4) is 11.5 Å². The minimum Gasteiger partial charge on any atom is -0.508 e. The highest BCUT2D eigenvalue weighted by Crippen LogP contribution is 2.44. The molecule has 6 nitrogen and oxygen atoms in total. The summed E-state index contributed by atoms with van der Waals surface area (Å²) in [4.78, 5) is 27.0. The molecule has 4 rings (SSSR count). The summed E-state index contributed by atoms with van der Waals surface area (Å²) >= 11 is 0. The van der Waals surface area contributed by atoms with E-state index in [1.807, 2.05) is 0 Å². The third-order valence-electron chi connectivity index (χ3n) is 5.45. The molecule has 1 unspecified atom stereocenters. The van der Waals surface area contributed by atoms with Crippen molar-refractivity contribution in [3.05, 3.63) is 95.1 Å². The molecule has 174 valence electrons. The smallest absolute Gasteiger partial charge is 0.416 e. The second kappa shape index (κ2) is 8.58. The van der Waals surface area contributed by atoms with Crippen LogP contribution in [0.4, 0.5) is 18.9 Å². The molecule has 3 aromatic rings. The number of anilines is 1. The number of alkyl halides is 3. The van der Waals surface area contributed by atoms with Gasteiger partial charge in [-0.2, -0.15) is 13.2 Å². The second-order valence-electron chi connectivity index (χ2n) is 7.54. The van der Waals surface area contributed by atoms with Crippen molar-refractivity contribution in [3.63, 3.8) is 0 Å². The van der Waals surface area contributed by atoms with E-state index in [0.717, 1.165) is 23.1 Å². The van der Waals surface area contributed by atoms with Gasteiger partial charge in [-0.05, 0) is 60.2 Å². The molecule has 0 radical (unpaired) electrons. The standard InChI is InChI=1S/C25H18F3NO5/c1-34-19-10-8-14(9-11-19)22(31)20-21(15-4-2-7-18(30)12-15)29(24(33)23(20)32)17-6-3-5-16(13-17)25(26,27)28/h2-13,21,30-31H,1H3/b22-20+. The Labute approximate surface area is 192 Å². The Kier molecular flexibility index (Phi) is 5.78. The van der Waals surface area contributed by atoms with E-state index in [1.54, 1.807) is 12.1 Å². The number of ketones is 1. The molecule has 0 bridgehead atoms. The molecule has 1 amide bonds. The first-order chi connectivity index (χ1) is 16.1. The van der Waals surface area contributed by atoms with Crippen molar-refractivity contribution in [2.45, 2.75) is 12.2 Å². The molecule has 0 saturated carbocycles. The lowest BCUT2D eigenvalue weighted by Crippen LogP contribution is -2.29. The van der Waals surface area contributed by atoms with Crippen LogP contribution in [0.3, 0.4) is 0 Å². The van der Waals surface area contributed by atoms with E-state index >= 15 is 0 Å². The summed E-state index contributed by atoms with van der Waals surface area (Å²) in [6.07, 6.45) is -4.67. The number of Topliss-reactive ketones (excluding diaryl/α,β-unsaturated/α-hetero) is 1. The Balaban J connectivity index is 1.93. The second-order valence-corrected chi connectivity index (χ2v) is 7.54. The van der Waals surface area contributed by atoms with Crippen molar-refractivity contribution in [1.29, 1.82) is 0 Å². The van der Waals surface area contributed by atoms with Crippen LogP contribution in [0.5, 0.6) is 11.5 Å². The molecule has 0 aromatic heterocycles. The van der Waals surface area contributed by atoms with Crippen LogP contribution in [0.1, 0.15) is 22.7 Å². The van der Waals surface area contributed by atoms with Gasteiger partial charge in [-0.15, -0.1) is 0 Å². The largest absolute Gasteiger partial charge is 0.508 e. The number of ether oxygens (including phenoxy) is 1. The average molecular weight is 469 g/mol. The summed E-state index contributed by atoms with van der Waals surface area (Å²) in [5, 5.41) is 21.0. The average Bonchev–Trinajstić information content (AvgIpc) is 3.08. The Morgan fingerprint density at radius 3 is 2.26 bits per heavy atom. The molecule has 1 fully saturated rings. The van der Waals surface area contributed by atoms with Gasteiger partial charge in [0.05, 0.1) is 24.3 Å². The molecule has 34 heavy (non-hydrogen) atoms. The monoisotopic (exact) mass is 469 g/mol. The zero-order valence-corrected chi connectivity index (χ0v) is 17.7. The molecule has 0 aliphatic carbocycles. The minimum atomic E-state index is -4.67. The van der Waals surface area contributed by atoms with Crippen molar-refractivity contribution in [1.82, 2.24) is 0 Å². The van der Waals surface area contributed by atoms with Crippen LogP contribution < -0.4 is 9.64 Å². The van der Waals surface area contributed by atoms with E-state index in [0.29, 0.717) is 5.75 Å². The van der Waals surface area contributed by atoms with Gasteiger partial charge < -0.3 is 14.9 Å². The zero-order chi connectivity index (χ0) is 24.6. The fourth-order valence-electron chi connectivity index (χ4n) is 3.85. The van der Waals surface area contributed by atoms with Crippen LogP contribution in [0.2, 0.25) is 0 Å². The van der Waals surface area contributed by atoms with E-state index in [1.165, 1.54) is 49.6 Å². The lowest BCUT2D eigenvalue weighted by atomic mass is 9.95. The van der Waals surface area contributed by atoms with E-state index in [4.69, 9.17) is 4.74 Å².